The Morgan fingerprint density at radius 2 is 0.489 bits per heavy atom. The summed E-state index contributed by atoms with van der Waals surface area (Å²) in [5, 5.41) is 25.2. The minimum absolute atomic E-state index is 0.343. The van der Waals surface area contributed by atoms with E-state index in [2.05, 4.69) is 32.6 Å². The van der Waals surface area contributed by atoms with Gasteiger partial charge in [0.1, 0.15) is 0 Å². The summed E-state index contributed by atoms with van der Waals surface area (Å²) < 4.78 is 0. The predicted molar refractivity (Wildman–Crippen MR) is 199 cm³/mol. The summed E-state index contributed by atoms with van der Waals surface area (Å²) in [6, 6.07) is 0. The summed E-state index contributed by atoms with van der Waals surface area (Å²) >= 11 is 3.60. The van der Waals surface area contributed by atoms with Crippen LogP contribution in [0.15, 0.2) is 0 Å². The Balaban J connectivity index is -0.000000275. The van der Waals surface area contributed by atoms with Gasteiger partial charge in [0.2, 0.25) is 0 Å². The van der Waals surface area contributed by atoms with Crippen LogP contribution >= 0.6 is 6.72 Å². The van der Waals surface area contributed by atoms with Crippen LogP contribution in [0.1, 0.15) is 213 Å². The Bertz CT molecular complexity index is 618. The van der Waals surface area contributed by atoms with Crippen molar-refractivity contribution in [2.75, 3.05) is 0 Å². The van der Waals surface area contributed by atoms with E-state index in [9.17, 15) is 14.4 Å². The normalized spacial score (nSPS) is 10.5. The molecule has 0 rings (SSSR count). The third-order valence-electron chi connectivity index (χ3n) is 7.48. The van der Waals surface area contributed by atoms with E-state index in [-0.39, 0.29) is 0 Å². The number of carbonyl (C=O) groups is 3. The molecule has 0 heterocycles. The largest absolute Gasteiger partial charge is 0.481 e. The van der Waals surface area contributed by atoms with Crippen LogP contribution in [-0.4, -0.2) is 47.9 Å². The maximum Gasteiger partial charge on any atom is 0.319 e. The lowest BCUT2D eigenvalue weighted by atomic mass is 10.1. The van der Waals surface area contributed by atoms with Crippen LogP contribution in [0.2, 0.25) is 0 Å². The molecule has 0 aliphatic heterocycles. The topological polar surface area (TPSA) is 173 Å². The summed E-state index contributed by atoms with van der Waals surface area (Å²) in [7, 11) is 0. The zero-order chi connectivity index (χ0) is 36.4. The summed E-state index contributed by atoms with van der Waals surface area (Å²) in [5.74, 6) is -1.98. The molecule has 6 N–H and O–H groups in total. The Morgan fingerprint density at radius 3 is 0.617 bits per heavy atom. The van der Waals surface area contributed by atoms with Crippen LogP contribution in [-0.2, 0) is 26.2 Å². The highest BCUT2D eigenvalue weighted by molar-refractivity contribution is 8.06. The second-order valence-corrected chi connectivity index (χ2v) is 14.9. The maximum absolute atomic E-state index is 10.2. The van der Waals surface area contributed by atoms with Gasteiger partial charge in [-0.15, -0.1) is 0 Å². The molecule has 0 aromatic heterocycles. The van der Waals surface area contributed by atoms with E-state index < -0.39 is 24.6 Å². The Morgan fingerprint density at radius 1 is 0.362 bits per heavy atom. The van der Waals surface area contributed by atoms with Gasteiger partial charge in [0.05, 0.1) is 0 Å². The number of carboxylic acid groups (broad SMARTS) is 3. The lowest BCUT2D eigenvalue weighted by Gasteiger charge is -2.00. The van der Waals surface area contributed by atoms with Gasteiger partial charge >= 0.3 is 24.6 Å². The standard InChI is InChI=1S/3C12H24O2.H3O3PS/c3*1-2-3-4-5-6-7-8-9-10-11-12(13)14;1-4(2,3)5/h3*2-11H2,1H3,(H,13,14);(H3,1,2,3,5). The zero-order valence-electron chi connectivity index (χ0n) is 30.5. The van der Waals surface area contributed by atoms with E-state index in [1.807, 2.05) is 0 Å². The SMILES string of the molecule is CCCCCCCCCCCC(=O)O.CCCCCCCCCCCC(=O)O.CCCCCCCCCCCC(=O)O.OP(O)(O)=S. The van der Waals surface area contributed by atoms with Gasteiger partial charge < -0.3 is 30.0 Å². The molecule has 0 unspecified atom stereocenters. The van der Waals surface area contributed by atoms with Crippen LogP contribution in [0.5, 0.6) is 0 Å². The van der Waals surface area contributed by atoms with E-state index in [0.717, 1.165) is 38.5 Å². The van der Waals surface area contributed by atoms with Gasteiger partial charge in [0, 0.05) is 19.3 Å². The third-order valence-corrected chi connectivity index (χ3v) is 7.48. The first-order chi connectivity index (χ1) is 22.3. The number of carboxylic acids is 3. The lowest BCUT2D eigenvalue weighted by Crippen LogP contribution is -1.93. The van der Waals surface area contributed by atoms with Gasteiger partial charge in [-0.25, -0.2) is 0 Å². The van der Waals surface area contributed by atoms with E-state index in [0.29, 0.717) is 19.3 Å². The van der Waals surface area contributed by atoms with Gasteiger partial charge in [-0.3, -0.25) is 14.4 Å². The van der Waals surface area contributed by atoms with Crippen LogP contribution < -0.4 is 0 Å². The molecule has 11 heteroatoms. The molecule has 0 amide bonds. The Labute approximate surface area is 293 Å². The van der Waals surface area contributed by atoms with Gasteiger partial charge in [0.15, 0.2) is 0 Å². The van der Waals surface area contributed by atoms with Crippen molar-refractivity contribution < 1.29 is 44.4 Å². The molecule has 0 spiro atoms. The van der Waals surface area contributed by atoms with Crippen molar-refractivity contribution in [2.45, 2.75) is 213 Å². The minimum atomic E-state index is -3.81. The fourth-order valence-corrected chi connectivity index (χ4v) is 4.76. The van der Waals surface area contributed by atoms with Crippen molar-refractivity contribution in [3.8, 4) is 0 Å². The summed E-state index contributed by atoms with van der Waals surface area (Å²) in [5.41, 5.74) is 0. The number of rotatable bonds is 30. The van der Waals surface area contributed by atoms with Gasteiger partial charge in [-0.1, -0.05) is 175 Å². The quantitative estimate of drug-likeness (QED) is 0.0310. The highest BCUT2D eigenvalue weighted by Gasteiger charge is 1.98. The van der Waals surface area contributed by atoms with Crippen LogP contribution in [0.25, 0.3) is 0 Å². The molecule has 0 fully saturated rings. The number of hydrogen-bond acceptors (Lipinski definition) is 4. The monoisotopic (exact) mass is 714 g/mol. The fourth-order valence-electron chi connectivity index (χ4n) is 4.76. The van der Waals surface area contributed by atoms with Crippen molar-refractivity contribution in [3.05, 3.63) is 0 Å². The Kier molecular flexibility index (Phi) is 50.4. The predicted octanol–water partition coefficient (Wildman–Crippen LogP) is 11.2. The smallest absolute Gasteiger partial charge is 0.319 e. The molecule has 0 saturated heterocycles. The molecule has 0 aromatic rings. The third kappa shape index (κ3) is 81.2. The van der Waals surface area contributed by atoms with Crippen molar-refractivity contribution in [2.24, 2.45) is 0 Å². The van der Waals surface area contributed by atoms with E-state index in [4.69, 9.17) is 30.0 Å². The summed E-state index contributed by atoms with van der Waals surface area (Å²) in [4.78, 5) is 53.3. The molecule has 0 bridgehead atoms. The van der Waals surface area contributed by atoms with Gasteiger partial charge in [-0.05, 0) is 31.1 Å². The maximum atomic E-state index is 10.2. The molecule has 0 aromatic carbocycles. The average molecular weight is 715 g/mol. The van der Waals surface area contributed by atoms with Crippen molar-refractivity contribution in [1.82, 2.24) is 0 Å². The molecule has 284 valence electrons. The number of hydrogen-bond donors (Lipinski definition) is 6. The average Bonchev–Trinajstić information content (AvgIpc) is 2.98. The molecule has 0 saturated carbocycles. The summed E-state index contributed by atoms with van der Waals surface area (Å²) in [6.07, 6.45) is 34.4. The van der Waals surface area contributed by atoms with E-state index >= 15 is 0 Å². The second kappa shape index (κ2) is 44.9. The second-order valence-electron chi connectivity index (χ2n) is 12.4. The minimum Gasteiger partial charge on any atom is -0.481 e. The first-order valence-electron chi connectivity index (χ1n) is 18.7. The molecular weight excluding hydrogens is 639 g/mol. The first-order valence-corrected chi connectivity index (χ1v) is 21.4. The molecule has 0 aliphatic rings. The van der Waals surface area contributed by atoms with Gasteiger partial charge in [-0.2, -0.15) is 0 Å². The van der Waals surface area contributed by atoms with Crippen LogP contribution in [0.4, 0.5) is 0 Å². The zero-order valence-corrected chi connectivity index (χ0v) is 32.2. The van der Waals surface area contributed by atoms with E-state index in [1.54, 1.807) is 0 Å². The molecule has 9 nitrogen and oxygen atoms in total. The van der Waals surface area contributed by atoms with Crippen molar-refractivity contribution >= 4 is 36.4 Å². The number of unbranched alkanes of at least 4 members (excludes halogenated alkanes) is 24. The fraction of sp³-hybridized carbons (Fsp3) is 0.917. The van der Waals surface area contributed by atoms with Crippen molar-refractivity contribution in [1.29, 1.82) is 0 Å². The van der Waals surface area contributed by atoms with Crippen LogP contribution in [0.3, 0.4) is 0 Å². The molecule has 0 atom stereocenters. The van der Waals surface area contributed by atoms with Gasteiger partial charge in [0.25, 0.3) is 0 Å². The molecule has 0 radical (unpaired) electrons. The van der Waals surface area contributed by atoms with Crippen LogP contribution in [0, 0.1) is 0 Å². The number of aliphatic carboxylic acids is 3. The molecular formula is C36H75O9PS. The molecule has 0 aliphatic carbocycles. The lowest BCUT2D eigenvalue weighted by molar-refractivity contribution is -0.138. The van der Waals surface area contributed by atoms with Crippen molar-refractivity contribution in [3.63, 3.8) is 0 Å². The highest BCUT2D eigenvalue weighted by atomic mass is 32.5. The highest BCUT2D eigenvalue weighted by Crippen LogP contribution is 2.26. The Hall–Kier alpha value is -1.06. The first kappa shape index (κ1) is 52.7. The van der Waals surface area contributed by atoms with E-state index in [1.165, 1.54) is 135 Å². The molecule has 47 heavy (non-hydrogen) atoms. The summed E-state index contributed by atoms with van der Waals surface area (Å²) in [6.45, 7) is 2.88.